The van der Waals surface area contributed by atoms with Crippen LogP contribution in [0.25, 0.3) is 11.4 Å². The number of nitrogens with zero attached hydrogens (tertiary/aromatic N) is 3. The van der Waals surface area contributed by atoms with E-state index in [2.05, 4.69) is 9.97 Å². The van der Waals surface area contributed by atoms with E-state index in [1.165, 1.54) is 12.3 Å². The van der Waals surface area contributed by atoms with E-state index in [-0.39, 0.29) is 12.4 Å². The van der Waals surface area contributed by atoms with Crippen LogP contribution in [0.3, 0.4) is 0 Å². The van der Waals surface area contributed by atoms with Gasteiger partial charge >= 0.3 is 5.97 Å². The van der Waals surface area contributed by atoms with Crippen LogP contribution < -0.4 is 4.90 Å². The molecule has 1 aromatic heterocycles. The van der Waals surface area contributed by atoms with Crippen molar-refractivity contribution in [3.63, 3.8) is 0 Å². The molecule has 0 aliphatic heterocycles. The van der Waals surface area contributed by atoms with Crippen molar-refractivity contribution >= 4 is 11.8 Å². The Morgan fingerprint density at radius 3 is 2.68 bits per heavy atom. The first-order valence-electron chi connectivity index (χ1n) is 6.92. The first-order chi connectivity index (χ1) is 10.4. The fourth-order valence-corrected chi connectivity index (χ4v) is 1.99. The number of esters is 1. The summed E-state index contributed by atoms with van der Waals surface area (Å²) in [5, 5.41) is 0. The molecular weight excluding hydrogens is 285 g/mol. The molecule has 0 radical (unpaired) electrons. The van der Waals surface area contributed by atoms with E-state index in [9.17, 15) is 9.18 Å². The molecule has 1 heterocycles. The minimum absolute atomic E-state index is 0.278. The zero-order valence-electron chi connectivity index (χ0n) is 13.1. The van der Waals surface area contributed by atoms with Crippen molar-refractivity contribution in [2.24, 2.45) is 0 Å². The summed E-state index contributed by atoms with van der Waals surface area (Å²) in [4.78, 5) is 22.3. The summed E-state index contributed by atoms with van der Waals surface area (Å²) in [6.07, 6.45) is 1.44. The second kappa shape index (κ2) is 6.51. The van der Waals surface area contributed by atoms with Gasteiger partial charge in [0.15, 0.2) is 5.82 Å². The van der Waals surface area contributed by atoms with Gasteiger partial charge in [-0.05, 0) is 37.6 Å². The fourth-order valence-electron chi connectivity index (χ4n) is 1.99. The number of ether oxygens (including phenoxy) is 1. The molecule has 0 unspecified atom stereocenters. The highest BCUT2D eigenvalue weighted by atomic mass is 19.1. The number of carbonyl (C=O) groups excluding carboxylic acids is 1. The number of benzene rings is 1. The number of halogens is 1. The highest BCUT2D eigenvalue weighted by Gasteiger charge is 2.18. The molecule has 0 aliphatic carbocycles. The average molecular weight is 303 g/mol. The number of anilines is 1. The smallest absolute Gasteiger partial charge is 0.343 e. The molecule has 2 aromatic rings. The van der Waals surface area contributed by atoms with Gasteiger partial charge in [0.25, 0.3) is 0 Å². The van der Waals surface area contributed by atoms with E-state index in [0.29, 0.717) is 28.3 Å². The van der Waals surface area contributed by atoms with Gasteiger partial charge in [-0.2, -0.15) is 0 Å². The maximum absolute atomic E-state index is 13.4. The Morgan fingerprint density at radius 2 is 2.09 bits per heavy atom. The standard InChI is InChI=1S/C16H18FN3O2/c1-5-22-16(21)12-9-18-14(19-15(12)20(3)4)11-6-7-13(17)10(2)8-11/h6-9H,5H2,1-4H3. The van der Waals surface area contributed by atoms with Crippen LogP contribution in [0.2, 0.25) is 0 Å². The molecule has 6 heteroatoms. The molecule has 0 aliphatic rings. The first kappa shape index (κ1) is 15.9. The molecule has 0 saturated carbocycles. The van der Waals surface area contributed by atoms with Gasteiger partial charge in [-0.1, -0.05) is 0 Å². The van der Waals surface area contributed by atoms with Gasteiger partial charge in [0, 0.05) is 25.9 Å². The molecule has 116 valence electrons. The highest BCUT2D eigenvalue weighted by Crippen LogP contribution is 2.23. The monoisotopic (exact) mass is 303 g/mol. The minimum atomic E-state index is -0.465. The molecule has 0 spiro atoms. The predicted molar refractivity (Wildman–Crippen MR) is 82.4 cm³/mol. The second-order valence-corrected chi connectivity index (χ2v) is 5.01. The van der Waals surface area contributed by atoms with Gasteiger partial charge in [-0.25, -0.2) is 19.2 Å². The van der Waals surface area contributed by atoms with Crippen molar-refractivity contribution in [3.8, 4) is 11.4 Å². The Balaban J connectivity index is 2.49. The van der Waals surface area contributed by atoms with Crippen LogP contribution in [0.1, 0.15) is 22.8 Å². The highest BCUT2D eigenvalue weighted by molar-refractivity contribution is 5.94. The number of aryl methyl sites for hydroxylation is 1. The first-order valence-corrected chi connectivity index (χ1v) is 6.92. The van der Waals surface area contributed by atoms with E-state index in [4.69, 9.17) is 4.74 Å². The zero-order chi connectivity index (χ0) is 16.3. The maximum atomic E-state index is 13.4. The molecule has 22 heavy (non-hydrogen) atoms. The van der Waals surface area contributed by atoms with Gasteiger partial charge in [0.2, 0.25) is 0 Å². The Hall–Kier alpha value is -2.50. The third-order valence-electron chi connectivity index (χ3n) is 3.10. The fraction of sp³-hybridized carbons (Fsp3) is 0.312. The largest absolute Gasteiger partial charge is 0.462 e. The quantitative estimate of drug-likeness (QED) is 0.813. The van der Waals surface area contributed by atoms with Crippen molar-refractivity contribution in [2.45, 2.75) is 13.8 Å². The Labute approximate surface area is 128 Å². The Morgan fingerprint density at radius 1 is 1.36 bits per heavy atom. The van der Waals surface area contributed by atoms with E-state index >= 15 is 0 Å². The van der Waals surface area contributed by atoms with E-state index in [1.807, 2.05) is 0 Å². The molecule has 0 N–H and O–H groups in total. The van der Waals surface area contributed by atoms with Crippen molar-refractivity contribution in [2.75, 3.05) is 25.6 Å². The van der Waals surface area contributed by atoms with Gasteiger partial charge < -0.3 is 9.64 Å². The van der Waals surface area contributed by atoms with Crippen LogP contribution in [0.4, 0.5) is 10.2 Å². The normalized spacial score (nSPS) is 10.4. The third-order valence-corrected chi connectivity index (χ3v) is 3.10. The van der Waals surface area contributed by atoms with Gasteiger partial charge in [-0.3, -0.25) is 0 Å². The number of hydrogen-bond acceptors (Lipinski definition) is 5. The third kappa shape index (κ3) is 3.21. The lowest BCUT2D eigenvalue weighted by atomic mass is 10.1. The summed E-state index contributed by atoms with van der Waals surface area (Å²) in [6, 6.07) is 4.66. The van der Waals surface area contributed by atoms with Crippen LogP contribution in [0.15, 0.2) is 24.4 Å². The molecule has 0 amide bonds. The van der Waals surface area contributed by atoms with Crippen LogP contribution >= 0.6 is 0 Å². The second-order valence-electron chi connectivity index (χ2n) is 5.01. The van der Waals surface area contributed by atoms with Gasteiger partial charge in [0.1, 0.15) is 17.2 Å². The van der Waals surface area contributed by atoms with Crippen molar-refractivity contribution < 1.29 is 13.9 Å². The molecule has 0 atom stereocenters. The number of rotatable bonds is 4. The molecule has 0 saturated heterocycles. The zero-order valence-corrected chi connectivity index (χ0v) is 13.1. The van der Waals surface area contributed by atoms with Crippen LogP contribution in [0, 0.1) is 12.7 Å². The summed E-state index contributed by atoms with van der Waals surface area (Å²) < 4.78 is 18.4. The Kier molecular flexibility index (Phi) is 4.70. The van der Waals surface area contributed by atoms with E-state index in [1.54, 1.807) is 45.0 Å². The van der Waals surface area contributed by atoms with Crippen LogP contribution in [-0.4, -0.2) is 36.6 Å². The number of carbonyl (C=O) groups is 1. The molecule has 2 rings (SSSR count). The van der Waals surface area contributed by atoms with Gasteiger partial charge in [-0.15, -0.1) is 0 Å². The lowest BCUT2D eigenvalue weighted by molar-refractivity contribution is 0.0526. The van der Waals surface area contributed by atoms with E-state index < -0.39 is 5.97 Å². The maximum Gasteiger partial charge on any atom is 0.343 e. The molecule has 0 bridgehead atoms. The lowest BCUT2D eigenvalue weighted by Crippen LogP contribution is -2.18. The topological polar surface area (TPSA) is 55.3 Å². The van der Waals surface area contributed by atoms with Crippen molar-refractivity contribution in [1.82, 2.24) is 9.97 Å². The van der Waals surface area contributed by atoms with Crippen LogP contribution in [0.5, 0.6) is 0 Å². The summed E-state index contributed by atoms with van der Waals surface area (Å²) in [6.45, 7) is 3.70. The average Bonchev–Trinajstić information content (AvgIpc) is 2.49. The van der Waals surface area contributed by atoms with Gasteiger partial charge in [0.05, 0.1) is 6.61 Å². The predicted octanol–water partition coefficient (Wildman–Crippen LogP) is 2.83. The summed E-state index contributed by atoms with van der Waals surface area (Å²) in [5.74, 6) is 0.151. The molecule has 0 fully saturated rings. The van der Waals surface area contributed by atoms with E-state index in [0.717, 1.165) is 0 Å². The van der Waals surface area contributed by atoms with Crippen LogP contribution in [-0.2, 0) is 4.74 Å². The molecule has 5 nitrogen and oxygen atoms in total. The lowest BCUT2D eigenvalue weighted by Gasteiger charge is -2.16. The summed E-state index contributed by atoms with van der Waals surface area (Å²) >= 11 is 0. The Bertz CT molecular complexity index is 702. The van der Waals surface area contributed by atoms with Crippen molar-refractivity contribution in [3.05, 3.63) is 41.3 Å². The minimum Gasteiger partial charge on any atom is -0.462 e. The molecule has 1 aromatic carbocycles. The molecular formula is C16H18FN3O2. The number of aromatic nitrogens is 2. The van der Waals surface area contributed by atoms with Crippen molar-refractivity contribution in [1.29, 1.82) is 0 Å². The SMILES string of the molecule is CCOC(=O)c1cnc(-c2ccc(F)c(C)c2)nc1N(C)C. The summed E-state index contributed by atoms with van der Waals surface area (Å²) in [5.41, 5.74) is 1.51. The number of hydrogen-bond donors (Lipinski definition) is 0. The summed E-state index contributed by atoms with van der Waals surface area (Å²) in [7, 11) is 3.56.